The van der Waals surface area contributed by atoms with E-state index in [1.54, 1.807) is 23.9 Å². The Morgan fingerprint density at radius 1 is 1.16 bits per heavy atom. The summed E-state index contributed by atoms with van der Waals surface area (Å²) >= 11 is 6.49. The van der Waals surface area contributed by atoms with Crippen molar-refractivity contribution in [2.45, 2.75) is 13.8 Å². The minimum absolute atomic E-state index is 0.311. The van der Waals surface area contributed by atoms with E-state index in [-0.39, 0.29) is 5.56 Å². The highest BCUT2D eigenvalue weighted by molar-refractivity contribution is 7.89. The van der Waals surface area contributed by atoms with Gasteiger partial charge in [-0.15, -0.1) is 0 Å². The Morgan fingerprint density at radius 3 is 2.48 bits per heavy atom. The average Bonchev–Trinajstić information content (AvgIpc) is 2.68. The first-order valence-electron chi connectivity index (χ1n) is 9.00. The molecule has 2 heterocycles. The lowest BCUT2D eigenvalue weighted by Crippen LogP contribution is -2.30. The fourth-order valence-electron chi connectivity index (χ4n) is 3.14. The molecule has 2 aromatic heterocycles. The largest absolute Gasteiger partial charge is 0.480 e. The van der Waals surface area contributed by atoms with Crippen LogP contribution in [0, 0.1) is 19.7 Å². The molecule has 162 valence electrons. The lowest BCUT2D eigenvalue weighted by atomic mass is 9.98. The number of nitrogens with zero attached hydrogens (tertiary/aromatic N) is 2. The van der Waals surface area contributed by atoms with Crippen molar-refractivity contribution >= 4 is 27.5 Å². The maximum absolute atomic E-state index is 14.6. The summed E-state index contributed by atoms with van der Waals surface area (Å²) in [6, 6.07) is 5.87. The Kier molecular flexibility index (Phi) is 6.28. The first-order valence-corrected chi connectivity index (χ1v) is 11.3. The quantitative estimate of drug-likeness (QED) is 0.615. The molecule has 0 radical (unpaired) electrons. The molecule has 0 spiro atoms. The highest BCUT2D eigenvalue weighted by Gasteiger charge is 2.20. The highest BCUT2D eigenvalue weighted by atomic mass is 35.5. The first-order chi connectivity index (χ1) is 14.5. The summed E-state index contributed by atoms with van der Waals surface area (Å²) in [4.78, 5) is 20.7. The number of pyridine rings is 2. The van der Waals surface area contributed by atoms with Crippen LogP contribution in [0.15, 0.2) is 36.7 Å². The Balaban J connectivity index is 2.05. The van der Waals surface area contributed by atoms with Crippen molar-refractivity contribution in [1.82, 2.24) is 14.7 Å². The van der Waals surface area contributed by atoms with Crippen LogP contribution in [-0.2, 0) is 10.0 Å². The van der Waals surface area contributed by atoms with Crippen molar-refractivity contribution < 1.29 is 22.3 Å². The van der Waals surface area contributed by atoms with Gasteiger partial charge < -0.3 is 4.74 Å². The van der Waals surface area contributed by atoms with Crippen LogP contribution in [0.4, 0.5) is 4.39 Å². The van der Waals surface area contributed by atoms with Crippen molar-refractivity contribution in [3.63, 3.8) is 0 Å². The third-order valence-corrected chi connectivity index (χ3v) is 5.39. The molecule has 10 heteroatoms. The number of aromatic nitrogens is 2. The molecule has 0 aliphatic heterocycles. The number of rotatable bonds is 5. The van der Waals surface area contributed by atoms with Gasteiger partial charge in [0, 0.05) is 18.0 Å². The van der Waals surface area contributed by atoms with Gasteiger partial charge in [-0.25, -0.2) is 22.5 Å². The summed E-state index contributed by atoms with van der Waals surface area (Å²) in [6.45, 7) is 3.55. The van der Waals surface area contributed by atoms with Crippen LogP contribution in [0.25, 0.3) is 22.4 Å². The minimum atomic E-state index is -3.82. The monoisotopic (exact) mass is 463 g/mol. The summed E-state index contributed by atoms with van der Waals surface area (Å²) in [7, 11) is -2.32. The molecule has 0 bridgehead atoms. The van der Waals surface area contributed by atoms with Gasteiger partial charge in [-0.3, -0.25) is 9.78 Å². The minimum Gasteiger partial charge on any atom is -0.480 e. The van der Waals surface area contributed by atoms with Crippen molar-refractivity contribution in [2.75, 3.05) is 13.4 Å². The van der Waals surface area contributed by atoms with Gasteiger partial charge in [-0.2, -0.15) is 0 Å². The maximum Gasteiger partial charge on any atom is 0.267 e. The molecule has 7 nitrogen and oxygen atoms in total. The fourth-order valence-corrected chi connectivity index (χ4v) is 3.84. The normalized spacial score (nSPS) is 11.3. The summed E-state index contributed by atoms with van der Waals surface area (Å²) in [5.41, 5.74) is 3.15. The molecule has 0 saturated heterocycles. The maximum atomic E-state index is 14.6. The van der Waals surface area contributed by atoms with Crippen molar-refractivity contribution in [1.29, 1.82) is 0 Å². The molecule has 0 aliphatic rings. The van der Waals surface area contributed by atoms with Crippen LogP contribution in [0.3, 0.4) is 0 Å². The predicted molar refractivity (Wildman–Crippen MR) is 116 cm³/mol. The van der Waals surface area contributed by atoms with E-state index >= 15 is 0 Å². The molecule has 0 aliphatic carbocycles. The van der Waals surface area contributed by atoms with Crippen LogP contribution >= 0.6 is 11.6 Å². The third-order valence-electron chi connectivity index (χ3n) is 4.54. The van der Waals surface area contributed by atoms with E-state index in [0.717, 1.165) is 17.9 Å². The molecule has 0 saturated carbocycles. The van der Waals surface area contributed by atoms with E-state index in [1.165, 1.54) is 19.4 Å². The number of nitrogens with one attached hydrogen (secondary N) is 1. The van der Waals surface area contributed by atoms with Gasteiger partial charge in [-0.05, 0) is 54.8 Å². The van der Waals surface area contributed by atoms with Crippen LogP contribution in [0.1, 0.15) is 21.5 Å². The van der Waals surface area contributed by atoms with E-state index in [9.17, 15) is 17.6 Å². The average molecular weight is 464 g/mol. The molecule has 0 fully saturated rings. The van der Waals surface area contributed by atoms with Crippen molar-refractivity contribution in [2.24, 2.45) is 0 Å². The topological polar surface area (TPSA) is 98.2 Å². The number of ether oxygens (including phenoxy) is 1. The molecule has 31 heavy (non-hydrogen) atoms. The number of sulfonamides is 1. The highest BCUT2D eigenvalue weighted by Crippen LogP contribution is 2.37. The molecule has 1 aromatic carbocycles. The number of hydrogen-bond acceptors (Lipinski definition) is 6. The van der Waals surface area contributed by atoms with Gasteiger partial charge in [0.05, 0.1) is 35.2 Å². The van der Waals surface area contributed by atoms with Gasteiger partial charge in [0.15, 0.2) is 0 Å². The molecule has 1 N–H and O–H groups in total. The first kappa shape index (κ1) is 22.6. The summed E-state index contributed by atoms with van der Waals surface area (Å²) in [6.07, 6.45) is 3.97. The third kappa shape index (κ3) is 4.83. The number of carbonyl (C=O) groups is 1. The second kappa shape index (κ2) is 8.60. The lowest BCUT2D eigenvalue weighted by molar-refractivity contribution is 0.0977. The second-order valence-electron chi connectivity index (χ2n) is 6.92. The van der Waals surface area contributed by atoms with E-state index < -0.39 is 21.7 Å². The second-order valence-corrected chi connectivity index (χ2v) is 9.07. The zero-order valence-corrected chi connectivity index (χ0v) is 18.7. The number of halogens is 2. The van der Waals surface area contributed by atoms with Crippen LogP contribution < -0.4 is 9.46 Å². The number of methoxy groups -OCH3 is 1. The van der Waals surface area contributed by atoms with Gasteiger partial charge >= 0.3 is 0 Å². The van der Waals surface area contributed by atoms with E-state index in [1.807, 2.05) is 13.0 Å². The SMILES string of the molecule is COc1nccc(C)c1-c1ncc(-c2cc(F)c(C(=O)NS(C)(=O)=O)cc2C)cc1Cl. The van der Waals surface area contributed by atoms with Gasteiger partial charge in [-0.1, -0.05) is 11.6 Å². The van der Waals surface area contributed by atoms with Crippen molar-refractivity contribution in [3.8, 4) is 28.3 Å². The van der Waals surface area contributed by atoms with E-state index in [2.05, 4.69) is 9.97 Å². The van der Waals surface area contributed by atoms with Crippen LogP contribution in [0.5, 0.6) is 5.88 Å². The number of aryl methyl sites for hydroxylation is 2. The van der Waals surface area contributed by atoms with Crippen LogP contribution in [0.2, 0.25) is 5.02 Å². The Morgan fingerprint density at radius 2 is 1.87 bits per heavy atom. The predicted octanol–water partition coefficient (Wildman–Crippen LogP) is 3.92. The molecular weight excluding hydrogens is 445 g/mol. The number of hydrogen-bond donors (Lipinski definition) is 1. The molecule has 0 atom stereocenters. The van der Waals surface area contributed by atoms with Gasteiger partial charge in [0.1, 0.15) is 5.82 Å². The molecular formula is C21H19ClFN3O4S. The summed E-state index contributed by atoms with van der Waals surface area (Å²) in [5.74, 6) is -1.53. The van der Waals surface area contributed by atoms with Crippen molar-refractivity contribution in [3.05, 3.63) is 64.2 Å². The molecule has 3 aromatic rings. The van der Waals surface area contributed by atoms with Gasteiger partial charge in [0.25, 0.3) is 5.91 Å². The Hall–Kier alpha value is -3.04. The standard InChI is InChI=1S/C21H19ClFN3O4S/c1-11-5-6-24-21(30-3)18(11)19-16(22)8-13(10-25-19)14-9-17(23)15(7-12(14)2)20(27)26-31(4,28)29/h5-10H,1-4H3,(H,26,27). The zero-order valence-electron chi connectivity index (χ0n) is 17.2. The van der Waals surface area contributed by atoms with Crippen LogP contribution in [-0.4, -0.2) is 37.7 Å². The summed E-state index contributed by atoms with van der Waals surface area (Å²) < 4.78 is 44.2. The molecule has 0 unspecified atom stereocenters. The fraction of sp³-hybridized carbons (Fsp3) is 0.190. The smallest absolute Gasteiger partial charge is 0.267 e. The van der Waals surface area contributed by atoms with E-state index in [4.69, 9.17) is 16.3 Å². The van der Waals surface area contributed by atoms with Gasteiger partial charge in [0.2, 0.25) is 15.9 Å². The Labute approximate surface area is 184 Å². The zero-order chi connectivity index (χ0) is 22.9. The molecule has 3 rings (SSSR count). The lowest BCUT2D eigenvalue weighted by Gasteiger charge is -2.14. The number of benzene rings is 1. The van der Waals surface area contributed by atoms with E-state index in [0.29, 0.717) is 38.9 Å². The summed E-state index contributed by atoms with van der Waals surface area (Å²) in [5, 5.41) is 0.311. The Bertz CT molecular complexity index is 1300. The number of amides is 1. The number of carbonyl (C=O) groups excluding carboxylic acids is 1. The molecule has 1 amide bonds.